The largest absolute Gasteiger partial charge is 0.354 e. The molecule has 1 N–H and O–H groups in total. The van der Waals surface area contributed by atoms with Crippen LogP contribution < -0.4 is 4.90 Å². The first-order valence-electron chi connectivity index (χ1n) is 10.8. The normalized spacial score (nSPS) is 15.9. The van der Waals surface area contributed by atoms with Crippen LogP contribution in [0.2, 0.25) is 0 Å². The molecule has 0 fully saturated rings. The fourth-order valence-electron chi connectivity index (χ4n) is 4.99. The molecule has 0 aliphatic carbocycles. The van der Waals surface area contributed by atoms with E-state index in [0.717, 1.165) is 23.9 Å². The predicted molar refractivity (Wildman–Crippen MR) is 131 cm³/mol. The van der Waals surface area contributed by atoms with E-state index in [1.165, 1.54) is 38.8 Å². The Kier molecular flexibility index (Phi) is 4.13. The number of H-pyrrole nitrogens is 1. The number of benzene rings is 4. The number of aliphatic imine (C=N–C) groups is 1. The first-order valence-corrected chi connectivity index (χ1v) is 10.8. The van der Waals surface area contributed by atoms with Gasteiger partial charge in [0.05, 0.1) is 11.2 Å². The third kappa shape index (κ3) is 2.77. The lowest BCUT2D eigenvalue weighted by atomic mass is 9.96. The Morgan fingerprint density at radius 1 is 0.806 bits per heavy atom. The van der Waals surface area contributed by atoms with Crippen molar-refractivity contribution in [2.75, 3.05) is 4.90 Å². The van der Waals surface area contributed by atoms with Gasteiger partial charge in [0, 0.05) is 27.5 Å². The van der Waals surface area contributed by atoms with E-state index in [1.54, 1.807) is 0 Å². The monoisotopic (exact) mass is 401 g/mol. The molecule has 5 aromatic rings. The Balaban J connectivity index is 1.69. The van der Waals surface area contributed by atoms with Crippen LogP contribution in [0, 0.1) is 0 Å². The SMILES string of the molecule is C=NC1CCc2ccccc2N1c1ccc(-c2ccccc2)c2[nH]c3ccccc3c12. The molecule has 6 rings (SSSR count). The van der Waals surface area contributed by atoms with Gasteiger partial charge in [-0.1, -0.05) is 72.8 Å². The minimum Gasteiger partial charge on any atom is -0.354 e. The summed E-state index contributed by atoms with van der Waals surface area (Å²) in [6.07, 6.45) is 2.01. The number of rotatable bonds is 3. The zero-order chi connectivity index (χ0) is 20.8. The number of para-hydroxylation sites is 2. The molecule has 0 saturated heterocycles. The fraction of sp³-hybridized carbons (Fsp3) is 0.107. The van der Waals surface area contributed by atoms with Crippen molar-refractivity contribution in [3.63, 3.8) is 0 Å². The maximum Gasteiger partial charge on any atom is 0.125 e. The van der Waals surface area contributed by atoms with Crippen molar-refractivity contribution in [2.24, 2.45) is 4.99 Å². The molecule has 3 heteroatoms. The summed E-state index contributed by atoms with van der Waals surface area (Å²) in [6, 6.07) is 32.3. The van der Waals surface area contributed by atoms with Gasteiger partial charge < -0.3 is 9.88 Å². The Morgan fingerprint density at radius 3 is 2.45 bits per heavy atom. The molecular weight excluding hydrogens is 378 g/mol. The summed E-state index contributed by atoms with van der Waals surface area (Å²) in [5.74, 6) is 0. The number of nitrogens with zero attached hydrogens (tertiary/aromatic N) is 2. The van der Waals surface area contributed by atoms with Crippen LogP contribution in [-0.4, -0.2) is 17.9 Å². The van der Waals surface area contributed by atoms with Crippen LogP contribution in [0.25, 0.3) is 32.9 Å². The highest BCUT2D eigenvalue weighted by molar-refractivity contribution is 6.18. The quantitative estimate of drug-likeness (QED) is 0.321. The Hall–Kier alpha value is -3.85. The Bertz CT molecular complexity index is 1410. The van der Waals surface area contributed by atoms with Crippen molar-refractivity contribution in [3.8, 4) is 11.1 Å². The van der Waals surface area contributed by atoms with Crippen molar-refractivity contribution in [1.29, 1.82) is 0 Å². The predicted octanol–water partition coefficient (Wildman–Crippen LogP) is 7.10. The molecule has 0 spiro atoms. The van der Waals surface area contributed by atoms with E-state index in [1.807, 2.05) is 0 Å². The summed E-state index contributed by atoms with van der Waals surface area (Å²) >= 11 is 0. The van der Waals surface area contributed by atoms with Gasteiger partial charge in [0.15, 0.2) is 0 Å². The number of anilines is 2. The molecule has 3 nitrogen and oxygen atoms in total. The van der Waals surface area contributed by atoms with Crippen molar-refractivity contribution in [1.82, 2.24) is 4.98 Å². The molecule has 0 radical (unpaired) electrons. The van der Waals surface area contributed by atoms with Gasteiger partial charge in [-0.3, -0.25) is 4.99 Å². The number of aryl methyl sites for hydroxylation is 1. The van der Waals surface area contributed by atoms with Crippen LogP contribution in [0.4, 0.5) is 11.4 Å². The number of hydrogen-bond acceptors (Lipinski definition) is 2. The van der Waals surface area contributed by atoms with Gasteiger partial charge in [0.25, 0.3) is 0 Å². The van der Waals surface area contributed by atoms with Crippen LogP contribution in [0.15, 0.2) is 96.0 Å². The zero-order valence-electron chi connectivity index (χ0n) is 17.3. The van der Waals surface area contributed by atoms with Crippen LogP contribution in [0.1, 0.15) is 12.0 Å². The van der Waals surface area contributed by atoms with Crippen LogP contribution >= 0.6 is 0 Å². The third-order valence-corrected chi connectivity index (χ3v) is 6.42. The molecule has 0 saturated carbocycles. The average molecular weight is 402 g/mol. The molecule has 150 valence electrons. The zero-order valence-corrected chi connectivity index (χ0v) is 17.3. The topological polar surface area (TPSA) is 31.4 Å². The molecule has 4 aromatic carbocycles. The van der Waals surface area contributed by atoms with Gasteiger partial charge in [0.1, 0.15) is 6.17 Å². The molecule has 2 heterocycles. The number of hydrogen-bond donors (Lipinski definition) is 1. The standard InChI is InChI=1S/C28H23N3/c1-29-26-18-15-20-11-5-8-14-24(20)31(26)25-17-16-21(19-9-3-2-4-10-19)28-27(25)22-12-6-7-13-23(22)30-28/h2-14,16-17,26,30H,1,15,18H2. The molecule has 0 amide bonds. The number of fused-ring (bicyclic) bond motifs is 4. The Morgan fingerprint density at radius 2 is 1.58 bits per heavy atom. The van der Waals surface area contributed by atoms with E-state index in [2.05, 4.69) is 113 Å². The van der Waals surface area contributed by atoms with E-state index >= 15 is 0 Å². The smallest absolute Gasteiger partial charge is 0.125 e. The summed E-state index contributed by atoms with van der Waals surface area (Å²) in [5.41, 5.74) is 8.50. The molecule has 1 atom stereocenters. The van der Waals surface area contributed by atoms with Gasteiger partial charge in [-0.15, -0.1) is 0 Å². The fourth-order valence-corrected chi connectivity index (χ4v) is 4.99. The minimum absolute atomic E-state index is 0.0225. The van der Waals surface area contributed by atoms with E-state index < -0.39 is 0 Å². The molecule has 1 aliphatic rings. The second kappa shape index (κ2) is 7.13. The molecular formula is C28H23N3. The molecule has 1 aliphatic heterocycles. The van der Waals surface area contributed by atoms with E-state index in [9.17, 15) is 0 Å². The van der Waals surface area contributed by atoms with E-state index in [4.69, 9.17) is 0 Å². The summed E-state index contributed by atoms with van der Waals surface area (Å²) in [7, 11) is 0. The van der Waals surface area contributed by atoms with E-state index in [-0.39, 0.29) is 6.17 Å². The lowest BCUT2D eigenvalue weighted by Crippen LogP contribution is -2.34. The first kappa shape index (κ1) is 18.0. The Labute approximate surface area is 181 Å². The first-order chi connectivity index (χ1) is 15.3. The molecule has 1 unspecified atom stereocenters. The summed E-state index contributed by atoms with van der Waals surface area (Å²) in [5, 5.41) is 2.47. The maximum atomic E-state index is 4.52. The maximum absolute atomic E-state index is 4.52. The van der Waals surface area contributed by atoms with Crippen molar-refractivity contribution in [3.05, 3.63) is 96.6 Å². The highest BCUT2D eigenvalue weighted by Crippen LogP contribution is 2.45. The van der Waals surface area contributed by atoms with Gasteiger partial charge in [-0.05, 0) is 48.9 Å². The third-order valence-electron chi connectivity index (χ3n) is 6.42. The minimum atomic E-state index is 0.0225. The summed E-state index contributed by atoms with van der Waals surface area (Å²) in [6.45, 7) is 3.93. The van der Waals surface area contributed by atoms with Crippen molar-refractivity contribution in [2.45, 2.75) is 19.0 Å². The second-order valence-corrected chi connectivity index (χ2v) is 8.12. The highest BCUT2D eigenvalue weighted by atomic mass is 15.3. The van der Waals surface area contributed by atoms with Gasteiger partial charge >= 0.3 is 0 Å². The summed E-state index contributed by atoms with van der Waals surface area (Å²) in [4.78, 5) is 10.6. The van der Waals surface area contributed by atoms with Crippen LogP contribution in [0.3, 0.4) is 0 Å². The van der Waals surface area contributed by atoms with Crippen molar-refractivity contribution >= 4 is 39.9 Å². The average Bonchev–Trinajstić information content (AvgIpc) is 3.23. The molecule has 1 aromatic heterocycles. The van der Waals surface area contributed by atoms with Gasteiger partial charge in [0.2, 0.25) is 0 Å². The number of nitrogens with one attached hydrogen (secondary N) is 1. The number of aromatic amines is 1. The van der Waals surface area contributed by atoms with E-state index in [0.29, 0.717) is 0 Å². The van der Waals surface area contributed by atoms with Gasteiger partial charge in [-0.2, -0.15) is 0 Å². The highest BCUT2D eigenvalue weighted by Gasteiger charge is 2.29. The van der Waals surface area contributed by atoms with Gasteiger partial charge in [-0.25, -0.2) is 0 Å². The van der Waals surface area contributed by atoms with Crippen LogP contribution in [0.5, 0.6) is 0 Å². The second-order valence-electron chi connectivity index (χ2n) is 8.12. The lowest BCUT2D eigenvalue weighted by molar-refractivity contribution is 0.601. The molecule has 0 bridgehead atoms. The lowest BCUT2D eigenvalue weighted by Gasteiger charge is -2.37. The number of aromatic nitrogens is 1. The molecule has 31 heavy (non-hydrogen) atoms. The van der Waals surface area contributed by atoms with Crippen LogP contribution in [-0.2, 0) is 6.42 Å². The summed E-state index contributed by atoms with van der Waals surface area (Å²) < 4.78 is 0. The van der Waals surface area contributed by atoms with Crippen molar-refractivity contribution < 1.29 is 0 Å².